The van der Waals surface area contributed by atoms with Gasteiger partial charge in [-0.15, -0.1) is 0 Å². The molecule has 0 radical (unpaired) electrons. The summed E-state index contributed by atoms with van der Waals surface area (Å²) in [5.41, 5.74) is -0.459. The van der Waals surface area contributed by atoms with Gasteiger partial charge in [0.05, 0.1) is 11.7 Å². The van der Waals surface area contributed by atoms with Gasteiger partial charge in [-0.2, -0.15) is 8.42 Å². The van der Waals surface area contributed by atoms with Crippen LogP contribution in [0.1, 0.15) is 22.0 Å². The van der Waals surface area contributed by atoms with Gasteiger partial charge in [-0.25, -0.2) is 14.1 Å². The second-order valence-electron chi connectivity index (χ2n) is 3.75. The highest BCUT2D eigenvalue weighted by molar-refractivity contribution is 7.87. The zero-order valence-electron chi connectivity index (χ0n) is 9.39. The minimum absolute atomic E-state index is 0.126. The average Bonchev–Trinajstić information content (AvgIpc) is 2.74. The van der Waals surface area contributed by atoms with Gasteiger partial charge in [0.2, 0.25) is 0 Å². The van der Waals surface area contributed by atoms with Gasteiger partial charge < -0.3 is 9.90 Å². The lowest BCUT2D eigenvalue weighted by atomic mass is 9.98. The fourth-order valence-electron chi connectivity index (χ4n) is 1.73. The first-order chi connectivity index (χ1) is 8.80. The molecule has 1 unspecified atom stereocenters. The Morgan fingerprint density at radius 1 is 1.47 bits per heavy atom. The summed E-state index contributed by atoms with van der Waals surface area (Å²) in [6, 6.07) is 1.27. The predicted molar refractivity (Wildman–Crippen MR) is 62.6 cm³/mol. The number of aliphatic imine (C=N–C) groups is 1. The quantitative estimate of drug-likeness (QED) is 0.694. The van der Waals surface area contributed by atoms with Crippen LogP contribution in [0.15, 0.2) is 29.4 Å². The standard InChI is InChI=1S/C10H9N3O5S/c11-19(17,18)13-4-3-7(9(13)10(15)16)6-1-2-8(14)12-5-6/h1-6H,(H,15,16)(H2,11,17,18)/p-1. The molecule has 1 aliphatic rings. The van der Waals surface area contributed by atoms with Gasteiger partial charge in [0.1, 0.15) is 0 Å². The number of hydrogen-bond donors (Lipinski definition) is 1. The third-order valence-electron chi connectivity index (χ3n) is 2.52. The average molecular weight is 282 g/mol. The van der Waals surface area contributed by atoms with Crippen molar-refractivity contribution in [2.75, 3.05) is 0 Å². The summed E-state index contributed by atoms with van der Waals surface area (Å²) < 4.78 is 22.9. The van der Waals surface area contributed by atoms with Crippen LogP contribution < -0.4 is 10.2 Å². The molecule has 0 bridgehead atoms. The molecule has 2 N–H and O–H groups in total. The van der Waals surface area contributed by atoms with Crippen LogP contribution in [0.25, 0.3) is 0 Å². The van der Waals surface area contributed by atoms with E-state index in [0.717, 1.165) is 12.3 Å². The molecule has 0 saturated heterocycles. The number of dihydropyridines is 1. The van der Waals surface area contributed by atoms with Crippen LogP contribution in [0.2, 0.25) is 0 Å². The van der Waals surface area contributed by atoms with Crippen molar-refractivity contribution >= 4 is 28.3 Å². The molecule has 0 saturated carbocycles. The molecule has 0 fully saturated rings. The van der Waals surface area contributed by atoms with E-state index in [0.29, 0.717) is 3.97 Å². The summed E-state index contributed by atoms with van der Waals surface area (Å²) in [7, 11) is -4.25. The zero-order valence-corrected chi connectivity index (χ0v) is 10.2. The van der Waals surface area contributed by atoms with Gasteiger partial charge in [-0.05, 0) is 11.6 Å². The van der Waals surface area contributed by atoms with Gasteiger partial charge in [0.25, 0.3) is 5.91 Å². The Labute approximate surface area is 108 Å². The molecular formula is C10H8N3O5S-. The van der Waals surface area contributed by atoms with E-state index in [1.165, 1.54) is 18.4 Å². The highest BCUT2D eigenvalue weighted by Crippen LogP contribution is 2.23. The highest BCUT2D eigenvalue weighted by Gasteiger charge is 2.22. The van der Waals surface area contributed by atoms with Crippen LogP contribution in [-0.2, 0) is 15.0 Å². The van der Waals surface area contributed by atoms with E-state index in [1.54, 1.807) is 0 Å². The topological polar surface area (TPSA) is 135 Å². The number of allylic oxidation sites excluding steroid dienone is 1. The molecule has 1 aromatic heterocycles. The molecule has 8 nitrogen and oxygen atoms in total. The number of amides is 1. The summed E-state index contributed by atoms with van der Waals surface area (Å²) >= 11 is 0. The Bertz CT molecular complexity index is 698. The fraction of sp³-hybridized carbons (Fsp3) is 0.100. The van der Waals surface area contributed by atoms with E-state index in [2.05, 4.69) is 4.99 Å². The van der Waals surface area contributed by atoms with Crippen molar-refractivity contribution in [2.45, 2.75) is 5.92 Å². The number of carbonyl (C=O) groups is 2. The fourth-order valence-corrected chi connectivity index (χ4v) is 2.40. The van der Waals surface area contributed by atoms with E-state index < -0.39 is 33.7 Å². The number of carbonyl (C=O) groups excluding carboxylic acids is 2. The molecule has 0 aromatic carbocycles. The van der Waals surface area contributed by atoms with Crippen molar-refractivity contribution in [1.29, 1.82) is 0 Å². The molecule has 100 valence electrons. The van der Waals surface area contributed by atoms with Crippen LogP contribution >= 0.6 is 0 Å². The highest BCUT2D eigenvalue weighted by atomic mass is 32.2. The smallest absolute Gasteiger partial charge is 0.302 e. The summed E-state index contributed by atoms with van der Waals surface area (Å²) in [6.45, 7) is 0. The van der Waals surface area contributed by atoms with Gasteiger partial charge >= 0.3 is 10.2 Å². The SMILES string of the molecule is NS(=O)(=O)n1ccc(C2C=CC(=O)N=C2)c1C(=O)[O-]. The van der Waals surface area contributed by atoms with E-state index in [4.69, 9.17) is 5.14 Å². The first-order valence-electron chi connectivity index (χ1n) is 5.03. The predicted octanol–water partition coefficient (Wildman–Crippen LogP) is -1.85. The minimum Gasteiger partial charge on any atom is -0.543 e. The molecule has 1 atom stereocenters. The maximum absolute atomic E-state index is 11.3. The summed E-state index contributed by atoms with van der Waals surface area (Å²) in [4.78, 5) is 25.5. The van der Waals surface area contributed by atoms with Crippen LogP contribution in [0, 0.1) is 0 Å². The number of aromatic nitrogens is 1. The number of nitrogens with two attached hydrogens (primary N) is 1. The van der Waals surface area contributed by atoms with Crippen LogP contribution in [0.3, 0.4) is 0 Å². The molecular weight excluding hydrogens is 274 g/mol. The number of hydrogen-bond acceptors (Lipinski definition) is 5. The zero-order chi connectivity index (χ0) is 14.2. The van der Waals surface area contributed by atoms with Crippen molar-refractivity contribution < 1.29 is 23.1 Å². The molecule has 1 amide bonds. The largest absolute Gasteiger partial charge is 0.543 e. The first kappa shape index (κ1) is 13.2. The second-order valence-corrected chi connectivity index (χ2v) is 5.17. The Balaban J connectivity index is 2.57. The lowest BCUT2D eigenvalue weighted by Crippen LogP contribution is -2.32. The summed E-state index contributed by atoms with van der Waals surface area (Å²) in [6.07, 6.45) is 4.80. The van der Waals surface area contributed by atoms with E-state index in [9.17, 15) is 23.1 Å². The van der Waals surface area contributed by atoms with Crippen LogP contribution in [-0.4, -0.2) is 30.5 Å². The van der Waals surface area contributed by atoms with Crippen molar-refractivity contribution in [3.8, 4) is 0 Å². The molecule has 2 heterocycles. The first-order valence-corrected chi connectivity index (χ1v) is 6.53. The second kappa shape index (κ2) is 4.44. The number of aromatic carboxylic acids is 1. The molecule has 19 heavy (non-hydrogen) atoms. The Kier molecular flexibility index (Phi) is 3.08. The Hall–Kier alpha value is -2.26. The maximum Gasteiger partial charge on any atom is 0.302 e. The monoisotopic (exact) mass is 282 g/mol. The lowest BCUT2D eigenvalue weighted by Gasteiger charge is -2.14. The van der Waals surface area contributed by atoms with Crippen molar-refractivity contribution in [1.82, 2.24) is 3.97 Å². The Morgan fingerprint density at radius 3 is 2.63 bits per heavy atom. The van der Waals surface area contributed by atoms with E-state index in [-0.39, 0.29) is 5.56 Å². The molecule has 2 rings (SSSR count). The molecule has 1 aromatic rings. The maximum atomic E-state index is 11.3. The third-order valence-corrected chi connectivity index (χ3v) is 3.37. The van der Waals surface area contributed by atoms with Crippen molar-refractivity contribution in [2.24, 2.45) is 10.1 Å². The molecule has 1 aliphatic heterocycles. The molecule has 9 heteroatoms. The number of carboxylic acid groups (broad SMARTS) is 1. The van der Waals surface area contributed by atoms with Crippen LogP contribution in [0.5, 0.6) is 0 Å². The number of rotatable bonds is 3. The van der Waals surface area contributed by atoms with Gasteiger partial charge in [0, 0.05) is 24.4 Å². The molecule has 0 aliphatic carbocycles. The summed E-state index contributed by atoms with van der Waals surface area (Å²) in [5, 5.41) is 16.0. The number of carboxylic acids is 1. The van der Waals surface area contributed by atoms with Gasteiger partial charge in [-0.1, -0.05) is 6.08 Å². The van der Waals surface area contributed by atoms with E-state index in [1.807, 2.05) is 0 Å². The number of nitrogens with zero attached hydrogens (tertiary/aromatic N) is 2. The Morgan fingerprint density at radius 2 is 2.16 bits per heavy atom. The van der Waals surface area contributed by atoms with Crippen molar-refractivity contribution in [3.05, 3.63) is 35.7 Å². The third kappa shape index (κ3) is 2.46. The lowest BCUT2D eigenvalue weighted by molar-refractivity contribution is -0.255. The van der Waals surface area contributed by atoms with E-state index >= 15 is 0 Å². The van der Waals surface area contributed by atoms with Crippen LogP contribution in [0.4, 0.5) is 0 Å². The van der Waals surface area contributed by atoms with Gasteiger partial charge in [-0.3, -0.25) is 4.79 Å². The molecule has 0 spiro atoms. The normalized spacial score (nSPS) is 18.8. The van der Waals surface area contributed by atoms with Crippen molar-refractivity contribution in [3.63, 3.8) is 0 Å². The van der Waals surface area contributed by atoms with Gasteiger partial charge in [0.15, 0.2) is 0 Å². The summed E-state index contributed by atoms with van der Waals surface area (Å²) in [5.74, 6) is -2.79. The minimum atomic E-state index is -4.25.